The van der Waals surface area contributed by atoms with Crippen molar-refractivity contribution in [1.29, 1.82) is 0 Å². The van der Waals surface area contributed by atoms with Gasteiger partial charge in [-0.05, 0) is 31.0 Å². The minimum atomic E-state index is -0.814. The second kappa shape index (κ2) is 4.79. The number of hydrogen-bond donors (Lipinski definition) is 1. The van der Waals surface area contributed by atoms with Gasteiger partial charge in [-0.15, -0.1) is 0 Å². The maximum Gasteiger partial charge on any atom is 0.259 e. The molecule has 1 amide bonds. The van der Waals surface area contributed by atoms with Crippen molar-refractivity contribution in [3.63, 3.8) is 0 Å². The molecule has 0 bridgehead atoms. The second-order valence-corrected chi connectivity index (χ2v) is 4.24. The van der Waals surface area contributed by atoms with Gasteiger partial charge in [0.15, 0.2) is 0 Å². The zero-order chi connectivity index (χ0) is 12.4. The van der Waals surface area contributed by atoms with Crippen LogP contribution < -0.4 is 5.73 Å². The van der Waals surface area contributed by atoms with Crippen LogP contribution >= 0.6 is 0 Å². The van der Waals surface area contributed by atoms with E-state index < -0.39 is 23.1 Å². The fourth-order valence-corrected chi connectivity index (χ4v) is 2.07. The van der Waals surface area contributed by atoms with Gasteiger partial charge in [0.25, 0.3) is 5.91 Å². The Morgan fingerprint density at radius 1 is 1.41 bits per heavy atom. The molecule has 0 radical (unpaired) electrons. The minimum absolute atomic E-state index is 0.230. The van der Waals surface area contributed by atoms with Crippen molar-refractivity contribution in [3.05, 3.63) is 35.4 Å². The van der Waals surface area contributed by atoms with Gasteiger partial charge < -0.3 is 10.6 Å². The van der Waals surface area contributed by atoms with E-state index >= 15 is 0 Å². The number of benzene rings is 1. The highest BCUT2D eigenvalue weighted by molar-refractivity contribution is 5.94. The molecule has 2 rings (SSSR count). The average Bonchev–Trinajstić information content (AvgIpc) is 2.77. The molecule has 1 aliphatic rings. The van der Waals surface area contributed by atoms with E-state index in [-0.39, 0.29) is 5.92 Å². The number of hydrogen-bond acceptors (Lipinski definition) is 2. The molecule has 1 unspecified atom stereocenters. The Labute approximate surface area is 98.2 Å². The molecular weight excluding hydrogens is 226 g/mol. The fraction of sp³-hybridized carbons (Fsp3) is 0.417. The van der Waals surface area contributed by atoms with Crippen LogP contribution in [0.4, 0.5) is 8.78 Å². The molecule has 0 aromatic heterocycles. The molecule has 0 spiro atoms. The molecule has 1 saturated heterocycles. The standard InChI is InChI=1S/C12H14F2N2O/c13-9-2-1-3-10(14)11(9)12(17)16-5-4-8(6-15)7-16/h1-3,8H,4-7,15H2. The van der Waals surface area contributed by atoms with Gasteiger partial charge in [-0.25, -0.2) is 8.78 Å². The van der Waals surface area contributed by atoms with E-state index in [2.05, 4.69) is 0 Å². The molecule has 5 heteroatoms. The molecule has 17 heavy (non-hydrogen) atoms. The molecule has 1 aliphatic heterocycles. The van der Waals surface area contributed by atoms with Gasteiger partial charge >= 0.3 is 0 Å². The first kappa shape index (κ1) is 12.0. The number of carbonyl (C=O) groups is 1. The van der Waals surface area contributed by atoms with Gasteiger partial charge in [-0.2, -0.15) is 0 Å². The Morgan fingerprint density at radius 2 is 2.06 bits per heavy atom. The van der Waals surface area contributed by atoms with E-state index in [1.807, 2.05) is 0 Å². The Bertz CT molecular complexity index is 416. The summed E-state index contributed by atoms with van der Waals surface area (Å²) < 4.78 is 26.8. The largest absolute Gasteiger partial charge is 0.338 e. The van der Waals surface area contributed by atoms with Crippen LogP contribution in [0, 0.1) is 17.6 Å². The number of nitrogens with zero attached hydrogens (tertiary/aromatic N) is 1. The number of rotatable bonds is 2. The predicted octanol–water partition coefficient (Wildman–Crippen LogP) is 1.39. The summed E-state index contributed by atoms with van der Waals surface area (Å²) in [4.78, 5) is 13.4. The second-order valence-electron chi connectivity index (χ2n) is 4.24. The minimum Gasteiger partial charge on any atom is -0.338 e. The first-order chi connectivity index (χ1) is 8.13. The maximum absolute atomic E-state index is 13.4. The molecule has 1 atom stereocenters. The molecular formula is C12H14F2N2O. The first-order valence-electron chi connectivity index (χ1n) is 5.57. The lowest BCUT2D eigenvalue weighted by Crippen LogP contribution is -2.31. The van der Waals surface area contributed by atoms with E-state index in [1.54, 1.807) is 0 Å². The summed E-state index contributed by atoms with van der Waals surface area (Å²) in [6.07, 6.45) is 0.790. The zero-order valence-corrected chi connectivity index (χ0v) is 9.33. The first-order valence-corrected chi connectivity index (χ1v) is 5.57. The van der Waals surface area contributed by atoms with Crippen molar-refractivity contribution in [1.82, 2.24) is 4.90 Å². The van der Waals surface area contributed by atoms with Gasteiger partial charge in [0.2, 0.25) is 0 Å². The van der Waals surface area contributed by atoms with Crippen molar-refractivity contribution in [2.75, 3.05) is 19.6 Å². The van der Waals surface area contributed by atoms with Gasteiger partial charge in [0.1, 0.15) is 17.2 Å². The molecule has 1 aromatic carbocycles. The summed E-state index contributed by atoms with van der Waals surface area (Å²) in [6, 6.07) is 3.42. The SMILES string of the molecule is NCC1CCN(C(=O)c2c(F)cccc2F)C1. The number of halogens is 2. The average molecular weight is 240 g/mol. The molecule has 1 heterocycles. The van der Waals surface area contributed by atoms with Crippen molar-refractivity contribution < 1.29 is 13.6 Å². The Balaban J connectivity index is 2.21. The van der Waals surface area contributed by atoms with E-state index in [1.165, 1.54) is 11.0 Å². The summed E-state index contributed by atoms with van der Waals surface area (Å²) in [6.45, 7) is 1.47. The van der Waals surface area contributed by atoms with E-state index in [0.717, 1.165) is 18.6 Å². The van der Waals surface area contributed by atoms with E-state index in [9.17, 15) is 13.6 Å². The quantitative estimate of drug-likeness (QED) is 0.849. The van der Waals surface area contributed by atoms with Crippen LogP contribution in [0.3, 0.4) is 0 Å². The van der Waals surface area contributed by atoms with Crippen molar-refractivity contribution in [2.45, 2.75) is 6.42 Å². The van der Waals surface area contributed by atoms with Gasteiger partial charge in [0, 0.05) is 13.1 Å². The third kappa shape index (κ3) is 2.29. The van der Waals surface area contributed by atoms with Crippen molar-refractivity contribution >= 4 is 5.91 Å². The van der Waals surface area contributed by atoms with Crippen molar-refractivity contribution in [2.24, 2.45) is 11.7 Å². The van der Waals surface area contributed by atoms with Gasteiger partial charge in [-0.3, -0.25) is 4.79 Å². The third-order valence-electron chi connectivity index (χ3n) is 3.08. The number of amides is 1. The summed E-state index contributed by atoms with van der Waals surface area (Å²) >= 11 is 0. The lowest BCUT2D eigenvalue weighted by atomic mass is 10.1. The number of carbonyl (C=O) groups excluding carboxylic acids is 1. The Kier molecular flexibility index (Phi) is 3.38. The molecule has 2 N–H and O–H groups in total. The lowest BCUT2D eigenvalue weighted by Gasteiger charge is -2.17. The molecule has 3 nitrogen and oxygen atoms in total. The maximum atomic E-state index is 13.4. The topological polar surface area (TPSA) is 46.3 Å². The highest BCUT2D eigenvalue weighted by Crippen LogP contribution is 2.20. The van der Waals surface area contributed by atoms with Crippen LogP contribution in [-0.2, 0) is 0 Å². The Morgan fingerprint density at radius 3 is 2.59 bits per heavy atom. The van der Waals surface area contributed by atoms with Crippen LogP contribution in [-0.4, -0.2) is 30.4 Å². The highest BCUT2D eigenvalue weighted by atomic mass is 19.1. The number of likely N-dealkylation sites (tertiary alicyclic amines) is 1. The van der Waals surface area contributed by atoms with Crippen LogP contribution in [0.25, 0.3) is 0 Å². The Hall–Kier alpha value is -1.49. The lowest BCUT2D eigenvalue weighted by molar-refractivity contribution is 0.0778. The summed E-state index contributed by atoms with van der Waals surface area (Å²) in [5, 5.41) is 0. The van der Waals surface area contributed by atoms with Gasteiger partial charge in [-0.1, -0.05) is 6.07 Å². The van der Waals surface area contributed by atoms with Crippen LogP contribution in [0.1, 0.15) is 16.8 Å². The number of nitrogens with two attached hydrogens (primary N) is 1. The highest BCUT2D eigenvalue weighted by Gasteiger charge is 2.29. The third-order valence-corrected chi connectivity index (χ3v) is 3.08. The molecule has 1 aromatic rings. The van der Waals surface area contributed by atoms with Gasteiger partial charge in [0.05, 0.1) is 0 Å². The van der Waals surface area contributed by atoms with E-state index in [0.29, 0.717) is 19.6 Å². The fourth-order valence-electron chi connectivity index (χ4n) is 2.07. The predicted molar refractivity (Wildman–Crippen MR) is 59.4 cm³/mol. The van der Waals surface area contributed by atoms with E-state index in [4.69, 9.17) is 5.73 Å². The summed E-state index contributed by atoms with van der Waals surface area (Å²) in [5.41, 5.74) is 5.04. The van der Waals surface area contributed by atoms with Crippen LogP contribution in [0.15, 0.2) is 18.2 Å². The zero-order valence-electron chi connectivity index (χ0n) is 9.33. The molecule has 1 fully saturated rings. The molecule has 0 saturated carbocycles. The smallest absolute Gasteiger partial charge is 0.259 e. The summed E-state index contributed by atoms with van der Waals surface area (Å²) in [7, 11) is 0. The normalized spacial score (nSPS) is 19.7. The monoisotopic (exact) mass is 240 g/mol. The molecule has 92 valence electrons. The van der Waals surface area contributed by atoms with Crippen LogP contribution in [0.2, 0.25) is 0 Å². The molecule has 0 aliphatic carbocycles. The van der Waals surface area contributed by atoms with Crippen LogP contribution in [0.5, 0.6) is 0 Å². The van der Waals surface area contributed by atoms with Crippen molar-refractivity contribution in [3.8, 4) is 0 Å². The summed E-state index contributed by atoms with van der Waals surface area (Å²) in [5.74, 6) is -1.98.